The van der Waals surface area contributed by atoms with Gasteiger partial charge < -0.3 is 24.1 Å². The van der Waals surface area contributed by atoms with Crippen molar-refractivity contribution in [3.63, 3.8) is 0 Å². The number of hydrogen-bond donors (Lipinski definition) is 1. The summed E-state index contributed by atoms with van der Waals surface area (Å²) >= 11 is 0. The summed E-state index contributed by atoms with van der Waals surface area (Å²) in [6, 6.07) is 5.93. The highest BCUT2D eigenvalue weighted by molar-refractivity contribution is 6.11. The Kier molecular flexibility index (Phi) is 4.22. The summed E-state index contributed by atoms with van der Waals surface area (Å²) in [5, 5.41) is 9.97. The molecule has 2 aromatic carbocycles. The van der Waals surface area contributed by atoms with Crippen molar-refractivity contribution >= 4 is 17.7 Å². The number of Topliss-reactive ketones (excluding diaryl/α,β-unsaturated/α-hetero) is 1. The number of aromatic hydroxyl groups is 1. The Bertz CT molecular complexity index is 1070. The number of phenols is 1. The maximum Gasteiger partial charge on any atom is 0.308 e. The molecule has 1 heterocycles. The van der Waals surface area contributed by atoms with Gasteiger partial charge in [-0.25, -0.2) is 0 Å². The van der Waals surface area contributed by atoms with E-state index in [1.807, 2.05) is 0 Å². The molecule has 0 fully saturated rings. The molecule has 29 heavy (non-hydrogen) atoms. The van der Waals surface area contributed by atoms with E-state index in [-0.39, 0.29) is 46.7 Å². The largest absolute Gasteiger partial charge is 0.504 e. The molecule has 0 amide bonds. The van der Waals surface area contributed by atoms with Crippen molar-refractivity contribution in [2.24, 2.45) is 0 Å². The standard InChI is InChI=1S/C21H18O8/c1-10(22)28-13-5-17-19(18(6-13)29-11(2)23)20(25)21(9-27-17)8-12-4-15(24)16(26-3)7-14(12)21/h4-7,24H,8-9H2,1-3H3/t21-/m0/s1. The van der Waals surface area contributed by atoms with E-state index in [9.17, 15) is 19.5 Å². The number of benzene rings is 2. The zero-order valence-electron chi connectivity index (χ0n) is 16.0. The van der Waals surface area contributed by atoms with Gasteiger partial charge in [-0.05, 0) is 29.7 Å². The summed E-state index contributed by atoms with van der Waals surface area (Å²) < 4.78 is 21.3. The number of methoxy groups -OCH3 is 1. The molecule has 0 saturated heterocycles. The molecular weight excluding hydrogens is 380 g/mol. The number of rotatable bonds is 3. The van der Waals surface area contributed by atoms with Crippen LogP contribution in [0.15, 0.2) is 24.3 Å². The second-order valence-corrected chi connectivity index (χ2v) is 7.04. The lowest BCUT2D eigenvalue weighted by molar-refractivity contribution is -0.132. The van der Waals surface area contributed by atoms with E-state index in [2.05, 4.69) is 0 Å². The molecule has 0 bridgehead atoms. The van der Waals surface area contributed by atoms with Crippen LogP contribution in [0, 0.1) is 0 Å². The molecule has 0 radical (unpaired) electrons. The molecule has 2 aliphatic rings. The SMILES string of the molecule is COc1cc2c(cc1O)C[C@]21COc2cc(OC(C)=O)cc(OC(C)=O)c2C1=O. The minimum Gasteiger partial charge on any atom is -0.504 e. The summed E-state index contributed by atoms with van der Waals surface area (Å²) in [6.07, 6.45) is 0.364. The number of fused-ring (bicyclic) bond motifs is 3. The lowest BCUT2D eigenvalue weighted by Gasteiger charge is -2.45. The molecule has 8 heteroatoms. The van der Waals surface area contributed by atoms with Crippen molar-refractivity contribution in [1.29, 1.82) is 0 Å². The van der Waals surface area contributed by atoms with E-state index >= 15 is 0 Å². The Balaban J connectivity index is 1.82. The van der Waals surface area contributed by atoms with Crippen molar-refractivity contribution in [3.8, 4) is 28.7 Å². The molecule has 2 aromatic rings. The first kappa shape index (κ1) is 18.8. The Hall–Kier alpha value is -3.55. The highest BCUT2D eigenvalue weighted by Gasteiger charge is 2.54. The fraction of sp³-hybridized carbons (Fsp3) is 0.286. The molecule has 0 unspecified atom stereocenters. The van der Waals surface area contributed by atoms with E-state index in [0.717, 1.165) is 5.56 Å². The average Bonchev–Trinajstić information content (AvgIpc) is 2.61. The zero-order chi connectivity index (χ0) is 20.9. The van der Waals surface area contributed by atoms with Crippen LogP contribution >= 0.6 is 0 Å². The second-order valence-electron chi connectivity index (χ2n) is 7.04. The third kappa shape index (κ3) is 2.88. The summed E-state index contributed by atoms with van der Waals surface area (Å²) in [6.45, 7) is 2.50. The first-order valence-corrected chi connectivity index (χ1v) is 8.88. The predicted molar refractivity (Wildman–Crippen MR) is 98.9 cm³/mol. The topological polar surface area (TPSA) is 108 Å². The quantitative estimate of drug-likeness (QED) is 0.620. The normalized spacial score (nSPS) is 18.8. The van der Waals surface area contributed by atoms with Crippen LogP contribution in [0.1, 0.15) is 35.3 Å². The molecule has 1 atom stereocenters. The van der Waals surface area contributed by atoms with Gasteiger partial charge in [0.15, 0.2) is 17.3 Å². The maximum atomic E-state index is 13.5. The number of ketones is 1. The van der Waals surface area contributed by atoms with E-state index in [1.54, 1.807) is 12.1 Å². The number of hydrogen-bond acceptors (Lipinski definition) is 8. The molecule has 4 rings (SSSR count). The van der Waals surface area contributed by atoms with E-state index < -0.39 is 17.4 Å². The van der Waals surface area contributed by atoms with Gasteiger partial charge in [-0.3, -0.25) is 14.4 Å². The monoisotopic (exact) mass is 398 g/mol. The fourth-order valence-electron chi connectivity index (χ4n) is 3.88. The molecule has 1 N–H and O–H groups in total. The summed E-state index contributed by atoms with van der Waals surface area (Å²) in [5.41, 5.74) is 0.649. The number of esters is 2. The smallest absolute Gasteiger partial charge is 0.308 e. The number of carbonyl (C=O) groups is 3. The Morgan fingerprint density at radius 2 is 1.79 bits per heavy atom. The minimum absolute atomic E-state index is 0.00250. The third-order valence-electron chi connectivity index (χ3n) is 5.10. The van der Waals surface area contributed by atoms with Crippen LogP contribution in [-0.4, -0.2) is 36.5 Å². The zero-order valence-corrected chi connectivity index (χ0v) is 16.0. The van der Waals surface area contributed by atoms with Gasteiger partial charge >= 0.3 is 11.9 Å². The lowest BCUT2D eigenvalue weighted by Crippen LogP contribution is -2.53. The highest BCUT2D eigenvalue weighted by Crippen LogP contribution is 2.52. The van der Waals surface area contributed by atoms with E-state index in [0.29, 0.717) is 12.0 Å². The van der Waals surface area contributed by atoms with Crippen LogP contribution in [0.5, 0.6) is 28.7 Å². The van der Waals surface area contributed by atoms with Crippen LogP contribution in [0.2, 0.25) is 0 Å². The lowest BCUT2D eigenvalue weighted by atomic mass is 9.60. The van der Waals surface area contributed by atoms with Gasteiger partial charge in [0.05, 0.1) is 12.5 Å². The van der Waals surface area contributed by atoms with E-state index in [1.165, 1.54) is 33.1 Å². The Labute approximate surface area is 165 Å². The van der Waals surface area contributed by atoms with Gasteiger partial charge in [0.1, 0.15) is 29.4 Å². The molecule has 8 nitrogen and oxygen atoms in total. The third-order valence-corrected chi connectivity index (χ3v) is 5.10. The molecule has 0 aromatic heterocycles. The van der Waals surface area contributed by atoms with Crippen LogP contribution in [0.3, 0.4) is 0 Å². The molecule has 150 valence electrons. The van der Waals surface area contributed by atoms with Crippen molar-refractivity contribution in [3.05, 3.63) is 41.0 Å². The molecule has 1 spiro atoms. The van der Waals surface area contributed by atoms with Crippen LogP contribution in [0.25, 0.3) is 0 Å². The predicted octanol–water partition coefficient (Wildman–Crippen LogP) is 2.32. The fourth-order valence-corrected chi connectivity index (χ4v) is 3.88. The van der Waals surface area contributed by atoms with Crippen molar-refractivity contribution in [1.82, 2.24) is 0 Å². The molecular formula is C21H18O8. The minimum atomic E-state index is -0.971. The van der Waals surface area contributed by atoms with Crippen molar-refractivity contribution in [2.75, 3.05) is 13.7 Å². The summed E-state index contributed by atoms with van der Waals surface area (Å²) in [7, 11) is 1.43. The molecule has 1 aliphatic heterocycles. The first-order chi connectivity index (χ1) is 13.7. The summed E-state index contributed by atoms with van der Waals surface area (Å²) in [5.74, 6) is -0.952. The van der Waals surface area contributed by atoms with Crippen molar-refractivity contribution < 1.29 is 38.4 Å². The molecule has 1 aliphatic carbocycles. The molecule has 0 saturated carbocycles. The van der Waals surface area contributed by atoms with Gasteiger partial charge in [-0.15, -0.1) is 0 Å². The van der Waals surface area contributed by atoms with Gasteiger partial charge in [-0.2, -0.15) is 0 Å². The van der Waals surface area contributed by atoms with Gasteiger partial charge in [0, 0.05) is 26.0 Å². The second kappa shape index (κ2) is 6.51. The van der Waals surface area contributed by atoms with E-state index in [4.69, 9.17) is 18.9 Å². The van der Waals surface area contributed by atoms with Crippen LogP contribution in [0.4, 0.5) is 0 Å². The Morgan fingerprint density at radius 1 is 1.07 bits per heavy atom. The maximum absolute atomic E-state index is 13.5. The Morgan fingerprint density at radius 3 is 2.45 bits per heavy atom. The number of carbonyl (C=O) groups excluding carboxylic acids is 3. The van der Waals surface area contributed by atoms with Crippen LogP contribution < -0.4 is 18.9 Å². The highest BCUT2D eigenvalue weighted by atomic mass is 16.5. The van der Waals surface area contributed by atoms with Crippen molar-refractivity contribution in [2.45, 2.75) is 25.7 Å². The van der Waals surface area contributed by atoms with Gasteiger partial charge in [-0.1, -0.05) is 0 Å². The van der Waals surface area contributed by atoms with Gasteiger partial charge in [0.25, 0.3) is 0 Å². The van der Waals surface area contributed by atoms with Gasteiger partial charge in [0.2, 0.25) is 0 Å². The first-order valence-electron chi connectivity index (χ1n) is 8.88. The summed E-state index contributed by atoms with van der Waals surface area (Å²) in [4.78, 5) is 36.4. The van der Waals surface area contributed by atoms with Crippen LogP contribution in [-0.2, 0) is 21.4 Å². The number of ether oxygens (including phenoxy) is 4. The average molecular weight is 398 g/mol. The number of phenolic OH excluding ortho intramolecular Hbond substituents is 1.